The van der Waals surface area contributed by atoms with Crippen LogP contribution in [0, 0.1) is 0 Å². The Bertz CT molecular complexity index is 663. The van der Waals surface area contributed by atoms with Gasteiger partial charge in [0.2, 0.25) is 5.91 Å². The quantitative estimate of drug-likeness (QED) is 0.903. The van der Waals surface area contributed by atoms with E-state index in [-0.39, 0.29) is 12.5 Å². The lowest BCUT2D eigenvalue weighted by Crippen LogP contribution is -2.35. The number of fused-ring (bicyclic) bond motifs is 1. The number of anilines is 4. The SMILES string of the molecule is CCc1nc(NC)cc(N2CC(=O)Nc3ccccc32)n1. The maximum atomic E-state index is 11.9. The number of aromatic nitrogens is 2. The molecule has 1 amide bonds. The molecule has 6 nitrogen and oxygen atoms in total. The van der Waals surface area contributed by atoms with E-state index in [1.165, 1.54) is 0 Å². The minimum Gasteiger partial charge on any atom is -0.373 e. The molecule has 0 unspecified atom stereocenters. The first kappa shape index (κ1) is 13.4. The van der Waals surface area contributed by atoms with Crippen LogP contribution < -0.4 is 15.5 Å². The molecule has 0 aliphatic carbocycles. The van der Waals surface area contributed by atoms with Crippen molar-refractivity contribution in [1.82, 2.24) is 9.97 Å². The number of nitrogens with zero attached hydrogens (tertiary/aromatic N) is 3. The topological polar surface area (TPSA) is 70.2 Å². The number of amides is 1. The Kier molecular flexibility index (Phi) is 3.43. The lowest BCUT2D eigenvalue weighted by Gasteiger charge is -2.30. The molecule has 1 aromatic carbocycles. The molecule has 6 heteroatoms. The second kappa shape index (κ2) is 5.40. The highest BCUT2D eigenvalue weighted by Crippen LogP contribution is 2.34. The van der Waals surface area contributed by atoms with E-state index in [2.05, 4.69) is 20.6 Å². The standard InChI is InChI=1S/C15H17N5O/c1-3-12-18-13(16-2)8-14(19-12)20-9-15(21)17-10-6-4-5-7-11(10)20/h4-8H,3,9H2,1-2H3,(H,17,21)(H,16,18,19). The molecule has 2 N–H and O–H groups in total. The molecule has 0 saturated heterocycles. The number of hydrogen-bond acceptors (Lipinski definition) is 5. The molecule has 0 saturated carbocycles. The van der Waals surface area contributed by atoms with E-state index in [0.29, 0.717) is 0 Å². The molecule has 2 heterocycles. The predicted molar refractivity (Wildman–Crippen MR) is 83.0 cm³/mol. The Labute approximate surface area is 123 Å². The van der Waals surface area contributed by atoms with E-state index in [0.717, 1.165) is 35.3 Å². The molecule has 0 bridgehead atoms. The molecule has 1 aliphatic heterocycles. The van der Waals surface area contributed by atoms with Gasteiger partial charge in [0.1, 0.15) is 24.0 Å². The minimum absolute atomic E-state index is 0.0450. The van der Waals surface area contributed by atoms with Crippen molar-refractivity contribution in [2.24, 2.45) is 0 Å². The summed E-state index contributed by atoms with van der Waals surface area (Å²) in [6.45, 7) is 2.26. The third-order valence-corrected chi connectivity index (χ3v) is 3.38. The van der Waals surface area contributed by atoms with Crippen molar-refractivity contribution in [2.75, 3.05) is 29.1 Å². The number of benzene rings is 1. The van der Waals surface area contributed by atoms with Crippen LogP contribution in [0.5, 0.6) is 0 Å². The maximum Gasteiger partial charge on any atom is 0.244 e. The molecular formula is C15H17N5O. The molecule has 1 aliphatic rings. The summed E-state index contributed by atoms with van der Waals surface area (Å²) >= 11 is 0. The van der Waals surface area contributed by atoms with E-state index in [1.54, 1.807) is 0 Å². The van der Waals surface area contributed by atoms with Crippen LogP contribution >= 0.6 is 0 Å². The maximum absolute atomic E-state index is 11.9. The van der Waals surface area contributed by atoms with Gasteiger partial charge < -0.3 is 15.5 Å². The fourth-order valence-electron chi connectivity index (χ4n) is 2.35. The number of aryl methyl sites for hydroxylation is 1. The molecule has 0 atom stereocenters. The first-order valence-electron chi connectivity index (χ1n) is 6.93. The molecule has 1 aromatic heterocycles. The van der Waals surface area contributed by atoms with Gasteiger partial charge in [0, 0.05) is 19.5 Å². The van der Waals surface area contributed by atoms with Crippen LogP contribution in [0.25, 0.3) is 0 Å². The molecule has 0 spiro atoms. The molecule has 3 rings (SSSR count). The predicted octanol–water partition coefficient (Wildman–Crippen LogP) is 2.17. The van der Waals surface area contributed by atoms with Crippen molar-refractivity contribution >= 4 is 28.9 Å². The summed E-state index contributed by atoms with van der Waals surface area (Å²) < 4.78 is 0. The van der Waals surface area contributed by atoms with Gasteiger partial charge in [-0.2, -0.15) is 0 Å². The van der Waals surface area contributed by atoms with Crippen molar-refractivity contribution in [3.05, 3.63) is 36.2 Å². The number of carbonyl (C=O) groups excluding carboxylic acids is 1. The van der Waals surface area contributed by atoms with Crippen LogP contribution in [-0.4, -0.2) is 29.5 Å². The van der Waals surface area contributed by atoms with Crippen LogP contribution in [0.4, 0.5) is 23.0 Å². The Morgan fingerprint density at radius 2 is 2.14 bits per heavy atom. The van der Waals surface area contributed by atoms with Gasteiger partial charge in [0.05, 0.1) is 11.4 Å². The average Bonchev–Trinajstić information content (AvgIpc) is 2.53. The number of hydrogen-bond donors (Lipinski definition) is 2. The number of nitrogens with one attached hydrogen (secondary N) is 2. The first-order chi connectivity index (χ1) is 10.2. The molecule has 2 aromatic rings. The zero-order chi connectivity index (χ0) is 14.8. The van der Waals surface area contributed by atoms with Crippen LogP contribution in [0.2, 0.25) is 0 Å². The molecular weight excluding hydrogens is 266 g/mol. The van der Waals surface area contributed by atoms with E-state index in [4.69, 9.17) is 0 Å². The number of rotatable bonds is 3. The Morgan fingerprint density at radius 1 is 1.33 bits per heavy atom. The lowest BCUT2D eigenvalue weighted by atomic mass is 10.2. The second-order valence-corrected chi connectivity index (χ2v) is 4.78. The van der Waals surface area contributed by atoms with Gasteiger partial charge in [-0.25, -0.2) is 9.97 Å². The lowest BCUT2D eigenvalue weighted by molar-refractivity contribution is -0.115. The number of para-hydroxylation sites is 2. The van der Waals surface area contributed by atoms with E-state index >= 15 is 0 Å². The summed E-state index contributed by atoms with van der Waals surface area (Å²) in [5, 5.41) is 5.92. The van der Waals surface area contributed by atoms with Gasteiger partial charge in [0.25, 0.3) is 0 Å². The molecule has 0 radical (unpaired) electrons. The summed E-state index contributed by atoms with van der Waals surface area (Å²) in [6.07, 6.45) is 0.740. The van der Waals surface area contributed by atoms with E-state index < -0.39 is 0 Å². The monoisotopic (exact) mass is 283 g/mol. The fourth-order valence-corrected chi connectivity index (χ4v) is 2.35. The van der Waals surface area contributed by atoms with Crippen molar-refractivity contribution in [2.45, 2.75) is 13.3 Å². The van der Waals surface area contributed by atoms with Gasteiger partial charge in [-0.1, -0.05) is 19.1 Å². The molecule has 0 fully saturated rings. The Balaban J connectivity index is 2.10. The third kappa shape index (κ3) is 2.52. The van der Waals surface area contributed by atoms with Gasteiger partial charge in [-0.05, 0) is 12.1 Å². The van der Waals surface area contributed by atoms with Crippen molar-refractivity contribution < 1.29 is 4.79 Å². The Morgan fingerprint density at radius 3 is 2.90 bits per heavy atom. The molecule has 21 heavy (non-hydrogen) atoms. The smallest absolute Gasteiger partial charge is 0.244 e. The normalized spacial score (nSPS) is 13.6. The summed E-state index contributed by atoms with van der Waals surface area (Å²) in [6, 6.07) is 9.57. The van der Waals surface area contributed by atoms with Gasteiger partial charge in [0.15, 0.2) is 0 Å². The average molecular weight is 283 g/mol. The summed E-state index contributed by atoms with van der Waals surface area (Å²) in [5.41, 5.74) is 1.75. The van der Waals surface area contributed by atoms with Crippen LogP contribution in [-0.2, 0) is 11.2 Å². The van der Waals surface area contributed by atoms with Crippen molar-refractivity contribution in [3.63, 3.8) is 0 Å². The summed E-state index contributed by atoms with van der Waals surface area (Å²) in [7, 11) is 1.82. The fraction of sp³-hybridized carbons (Fsp3) is 0.267. The van der Waals surface area contributed by atoms with Gasteiger partial charge in [-0.15, -0.1) is 0 Å². The first-order valence-corrected chi connectivity index (χ1v) is 6.93. The highest BCUT2D eigenvalue weighted by molar-refractivity contribution is 6.02. The van der Waals surface area contributed by atoms with Crippen LogP contribution in [0.3, 0.4) is 0 Å². The van der Waals surface area contributed by atoms with Crippen LogP contribution in [0.15, 0.2) is 30.3 Å². The highest BCUT2D eigenvalue weighted by Gasteiger charge is 2.24. The minimum atomic E-state index is -0.0450. The summed E-state index contributed by atoms with van der Waals surface area (Å²) in [5.74, 6) is 2.19. The zero-order valence-electron chi connectivity index (χ0n) is 12.1. The van der Waals surface area contributed by atoms with E-state index in [1.807, 2.05) is 49.2 Å². The van der Waals surface area contributed by atoms with Crippen molar-refractivity contribution in [3.8, 4) is 0 Å². The van der Waals surface area contributed by atoms with E-state index in [9.17, 15) is 4.79 Å². The van der Waals surface area contributed by atoms with Crippen molar-refractivity contribution in [1.29, 1.82) is 0 Å². The number of carbonyl (C=O) groups is 1. The largest absolute Gasteiger partial charge is 0.373 e. The third-order valence-electron chi connectivity index (χ3n) is 3.38. The zero-order valence-corrected chi connectivity index (χ0v) is 12.1. The van der Waals surface area contributed by atoms with Crippen LogP contribution in [0.1, 0.15) is 12.7 Å². The summed E-state index contributed by atoms with van der Waals surface area (Å²) in [4.78, 5) is 22.8. The second-order valence-electron chi connectivity index (χ2n) is 4.78. The molecule has 108 valence electrons. The van der Waals surface area contributed by atoms with Gasteiger partial charge in [-0.3, -0.25) is 4.79 Å². The Hall–Kier alpha value is -2.63. The van der Waals surface area contributed by atoms with Gasteiger partial charge >= 0.3 is 0 Å². The highest BCUT2D eigenvalue weighted by atomic mass is 16.2.